The van der Waals surface area contributed by atoms with Gasteiger partial charge in [-0.2, -0.15) is 0 Å². The normalized spacial score (nSPS) is 23.1. The van der Waals surface area contributed by atoms with Gasteiger partial charge in [-0.3, -0.25) is 14.5 Å². The average Bonchev–Trinajstić information content (AvgIpc) is 2.18. The standard InChI is InChI=1S/C10H18N2O2/c1-8(13)9-5-3-4-6-12(9)7-10(14)11-2/h9H,3-7H2,1-2H3,(H,11,14). The van der Waals surface area contributed by atoms with E-state index in [-0.39, 0.29) is 17.7 Å². The molecule has 1 aliphatic rings. The van der Waals surface area contributed by atoms with Gasteiger partial charge in [-0.25, -0.2) is 0 Å². The van der Waals surface area contributed by atoms with Crippen molar-refractivity contribution in [2.24, 2.45) is 0 Å². The van der Waals surface area contributed by atoms with E-state index in [9.17, 15) is 9.59 Å². The lowest BCUT2D eigenvalue weighted by Crippen LogP contribution is -2.47. The third-order valence-corrected chi connectivity index (χ3v) is 2.71. The topological polar surface area (TPSA) is 49.4 Å². The van der Waals surface area contributed by atoms with Gasteiger partial charge in [-0.1, -0.05) is 6.42 Å². The zero-order chi connectivity index (χ0) is 10.6. The van der Waals surface area contributed by atoms with Gasteiger partial charge in [0.1, 0.15) is 5.78 Å². The van der Waals surface area contributed by atoms with E-state index in [1.165, 1.54) is 0 Å². The molecule has 4 nitrogen and oxygen atoms in total. The van der Waals surface area contributed by atoms with Crippen LogP contribution in [0.25, 0.3) is 0 Å². The Balaban J connectivity index is 2.54. The van der Waals surface area contributed by atoms with Crippen LogP contribution in [0, 0.1) is 0 Å². The number of hydrogen-bond donors (Lipinski definition) is 1. The zero-order valence-corrected chi connectivity index (χ0v) is 8.88. The number of likely N-dealkylation sites (tertiary alicyclic amines) is 1. The summed E-state index contributed by atoms with van der Waals surface area (Å²) >= 11 is 0. The Morgan fingerprint density at radius 2 is 2.14 bits per heavy atom. The van der Waals surface area contributed by atoms with E-state index in [4.69, 9.17) is 0 Å². The van der Waals surface area contributed by atoms with E-state index >= 15 is 0 Å². The molecule has 14 heavy (non-hydrogen) atoms. The number of ketones is 1. The summed E-state index contributed by atoms with van der Waals surface area (Å²) < 4.78 is 0. The Bertz CT molecular complexity index is 228. The number of nitrogens with one attached hydrogen (secondary N) is 1. The molecule has 1 saturated heterocycles. The van der Waals surface area contributed by atoms with Gasteiger partial charge < -0.3 is 5.32 Å². The van der Waals surface area contributed by atoms with Crippen LogP contribution in [-0.2, 0) is 9.59 Å². The van der Waals surface area contributed by atoms with Gasteiger partial charge in [0.15, 0.2) is 0 Å². The summed E-state index contributed by atoms with van der Waals surface area (Å²) in [5.74, 6) is 0.159. The number of rotatable bonds is 3. The average molecular weight is 198 g/mol. The molecular formula is C10H18N2O2. The van der Waals surface area contributed by atoms with Crippen molar-refractivity contribution >= 4 is 11.7 Å². The second kappa shape index (κ2) is 5.10. The highest BCUT2D eigenvalue weighted by Gasteiger charge is 2.26. The SMILES string of the molecule is CNC(=O)CN1CCCCC1C(C)=O. The van der Waals surface area contributed by atoms with Crippen LogP contribution in [0.15, 0.2) is 0 Å². The molecule has 0 saturated carbocycles. The number of likely N-dealkylation sites (N-methyl/N-ethyl adjacent to an activating group) is 1. The van der Waals surface area contributed by atoms with Crippen LogP contribution in [-0.4, -0.2) is 42.8 Å². The number of Topliss-reactive ketones (excluding diaryl/α,β-unsaturated/α-hetero) is 1. The minimum Gasteiger partial charge on any atom is -0.358 e. The summed E-state index contributed by atoms with van der Waals surface area (Å²) in [5, 5.41) is 2.58. The quantitative estimate of drug-likeness (QED) is 0.703. The van der Waals surface area contributed by atoms with Gasteiger partial charge in [0, 0.05) is 7.05 Å². The minimum absolute atomic E-state index is 0.0156. The summed E-state index contributed by atoms with van der Waals surface area (Å²) in [6, 6.07) is -0.0407. The third-order valence-electron chi connectivity index (χ3n) is 2.71. The Morgan fingerprint density at radius 3 is 2.71 bits per heavy atom. The molecule has 1 amide bonds. The van der Waals surface area contributed by atoms with Crippen molar-refractivity contribution in [2.75, 3.05) is 20.1 Å². The van der Waals surface area contributed by atoms with Gasteiger partial charge in [0.25, 0.3) is 0 Å². The molecule has 0 radical (unpaired) electrons. The molecule has 1 rings (SSSR count). The summed E-state index contributed by atoms with van der Waals surface area (Å²) in [6.07, 6.45) is 3.07. The number of piperidine rings is 1. The molecule has 4 heteroatoms. The molecule has 1 N–H and O–H groups in total. The van der Waals surface area contributed by atoms with Crippen molar-refractivity contribution in [1.29, 1.82) is 0 Å². The first-order chi connectivity index (χ1) is 6.65. The van der Waals surface area contributed by atoms with Crippen molar-refractivity contribution in [3.8, 4) is 0 Å². The molecule has 1 unspecified atom stereocenters. The molecule has 0 aromatic heterocycles. The monoisotopic (exact) mass is 198 g/mol. The number of amides is 1. The highest BCUT2D eigenvalue weighted by atomic mass is 16.2. The van der Waals surface area contributed by atoms with E-state index in [0.29, 0.717) is 6.54 Å². The summed E-state index contributed by atoms with van der Waals surface area (Å²) in [5.41, 5.74) is 0. The predicted octanol–water partition coefficient (Wildman–Crippen LogP) is 0.176. The Morgan fingerprint density at radius 1 is 1.43 bits per heavy atom. The smallest absolute Gasteiger partial charge is 0.233 e. The first-order valence-corrected chi connectivity index (χ1v) is 5.10. The molecule has 0 bridgehead atoms. The maximum atomic E-state index is 11.3. The number of hydrogen-bond acceptors (Lipinski definition) is 3. The van der Waals surface area contributed by atoms with Gasteiger partial charge in [-0.05, 0) is 26.3 Å². The van der Waals surface area contributed by atoms with E-state index in [1.807, 2.05) is 4.90 Å². The molecule has 80 valence electrons. The van der Waals surface area contributed by atoms with Crippen molar-refractivity contribution < 1.29 is 9.59 Å². The van der Waals surface area contributed by atoms with E-state index in [0.717, 1.165) is 25.8 Å². The summed E-state index contributed by atoms with van der Waals surface area (Å²) in [6.45, 7) is 2.81. The fourth-order valence-electron chi connectivity index (χ4n) is 1.90. The molecule has 1 heterocycles. The number of carbonyl (C=O) groups excluding carboxylic acids is 2. The fourth-order valence-corrected chi connectivity index (χ4v) is 1.90. The fraction of sp³-hybridized carbons (Fsp3) is 0.800. The lowest BCUT2D eigenvalue weighted by molar-refractivity contribution is -0.127. The van der Waals surface area contributed by atoms with Gasteiger partial charge in [0.2, 0.25) is 5.91 Å². The molecule has 1 atom stereocenters. The second-order valence-electron chi connectivity index (χ2n) is 3.77. The lowest BCUT2D eigenvalue weighted by Gasteiger charge is -2.33. The van der Waals surface area contributed by atoms with Crippen molar-refractivity contribution in [3.63, 3.8) is 0 Å². The summed E-state index contributed by atoms with van der Waals surface area (Å²) in [4.78, 5) is 24.5. The Kier molecular flexibility index (Phi) is 4.07. The van der Waals surface area contributed by atoms with Crippen molar-refractivity contribution in [2.45, 2.75) is 32.2 Å². The van der Waals surface area contributed by atoms with Crippen LogP contribution < -0.4 is 5.32 Å². The molecule has 0 aliphatic carbocycles. The molecule has 0 spiro atoms. The van der Waals surface area contributed by atoms with Crippen molar-refractivity contribution in [1.82, 2.24) is 10.2 Å². The Hall–Kier alpha value is -0.900. The Labute approximate surface area is 84.7 Å². The minimum atomic E-state index is -0.0407. The van der Waals surface area contributed by atoms with Crippen LogP contribution in [0.5, 0.6) is 0 Å². The van der Waals surface area contributed by atoms with Gasteiger partial charge in [0.05, 0.1) is 12.6 Å². The van der Waals surface area contributed by atoms with Crippen LogP contribution in [0.4, 0.5) is 0 Å². The molecule has 0 aromatic rings. The van der Waals surface area contributed by atoms with Crippen LogP contribution in [0.1, 0.15) is 26.2 Å². The van der Waals surface area contributed by atoms with Crippen molar-refractivity contribution in [3.05, 3.63) is 0 Å². The first kappa shape index (κ1) is 11.2. The van der Waals surface area contributed by atoms with E-state index in [1.54, 1.807) is 14.0 Å². The number of carbonyl (C=O) groups is 2. The highest BCUT2D eigenvalue weighted by molar-refractivity contribution is 5.83. The van der Waals surface area contributed by atoms with Crippen LogP contribution in [0.3, 0.4) is 0 Å². The summed E-state index contributed by atoms with van der Waals surface area (Å²) in [7, 11) is 1.62. The van der Waals surface area contributed by atoms with E-state index in [2.05, 4.69) is 5.32 Å². The largest absolute Gasteiger partial charge is 0.358 e. The predicted molar refractivity (Wildman–Crippen MR) is 54.0 cm³/mol. The van der Waals surface area contributed by atoms with Gasteiger partial charge in [-0.15, -0.1) is 0 Å². The van der Waals surface area contributed by atoms with Crippen LogP contribution in [0.2, 0.25) is 0 Å². The maximum absolute atomic E-state index is 11.3. The first-order valence-electron chi connectivity index (χ1n) is 5.10. The zero-order valence-electron chi connectivity index (χ0n) is 8.88. The van der Waals surface area contributed by atoms with Gasteiger partial charge >= 0.3 is 0 Å². The molecule has 1 aliphatic heterocycles. The molecule has 1 fully saturated rings. The second-order valence-corrected chi connectivity index (χ2v) is 3.77. The highest BCUT2D eigenvalue weighted by Crippen LogP contribution is 2.16. The molecular weight excluding hydrogens is 180 g/mol. The van der Waals surface area contributed by atoms with E-state index < -0.39 is 0 Å². The molecule has 0 aromatic carbocycles. The lowest BCUT2D eigenvalue weighted by atomic mass is 9.99. The maximum Gasteiger partial charge on any atom is 0.233 e. The number of nitrogens with zero attached hydrogens (tertiary/aromatic N) is 1. The van der Waals surface area contributed by atoms with Crippen LogP contribution >= 0.6 is 0 Å². The third kappa shape index (κ3) is 2.80.